The lowest BCUT2D eigenvalue weighted by Crippen LogP contribution is -2.15. The van der Waals surface area contributed by atoms with Crippen LogP contribution in [-0.2, 0) is 12.4 Å². The number of hydrogen-bond donors (Lipinski definition) is 0. The van der Waals surface area contributed by atoms with Crippen molar-refractivity contribution in [2.75, 3.05) is 0 Å². The van der Waals surface area contributed by atoms with Gasteiger partial charge in [-0.3, -0.25) is 13.8 Å². The Kier molecular flexibility index (Phi) is 5.41. The fourth-order valence-electron chi connectivity index (χ4n) is 3.43. The van der Waals surface area contributed by atoms with E-state index >= 15 is 0 Å². The van der Waals surface area contributed by atoms with Crippen LogP contribution in [0.4, 0.5) is 0 Å². The number of ether oxygens (including phenoxy) is 1. The van der Waals surface area contributed by atoms with E-state index in [1.54, 1.807) is 22.7 Å². The van der Waals surface area contributed by atoms with Gasteiger partial charge in [-0.25, -0.2) is 4.98 Å². The third-order valence-electron chi connectivity index (χ3n) is 5.13. The molecule has 0 unspecified atom stereocenters. The van der Waals surface area contributed by atoms with Crippen molar-refractivity contribution in [3.63, 3.8) is 0 Å². The number of thioether (sulfide) groups is 1. The second-order valence-electron chi connectivity index (χ2n) is 7.48. The van der Waals surface area contributed by atoms with Crippen molar-refractivity contribution >= 4 is 29.0 Å². The molecule has 0 N–H and O–H groups in total. The van der Waals surface area contributed by atoms with Crippen LogP contribution in [0.1, 0.15) is 36.0 Å². The fraction of sp³-hybridized carbons (Fsp3) is 0.273. The number of pyridine rings is 1. The normalized spacial score (nSPS) is 13.6. The number of aromatic nitrogens is 5. The smallest absolute Gasteiger partial charge is 0.258 e. The Morgan fingerprint density at radius 1 is 1.19 bits per heavy atom. The zero-order valence-corrected chi connectivity index (χ0v) is 18.4. The molecule has 0 bridgehead atoms. The summed E-state index contributed by atoms with van der Waals surface area (Å²) in [6, 6.07) is 13.2. The SMILES string of the molecule is Cc1cccn2c(=O)cc(CSc3nnc(COc4ccccc4Cl)n3C3CC3)nc12. The Bertz CT molecular complexity index is 1310. The fourth-order valence-corrected chi connectivity index (χ4v) is 4.54. The lowest BCUT2D eigenvalue weighted by molar-refractivity contribution is 0.288. The van der Waals surface area contributed by atoms with Crippen LogP contribution >= 0.6 is 23.4 Å². The molecule has 1 saturated carbocycles. The van der Waals surface area contributed by atoms with Crippen molar-refractivity contribution in [1.29, 1.82) is 0 Å². The van der Waals surface area contributed by atoms with Crippen LogP contribution < -0.4 is 10.3 Å². The molecular formula is C22H20ClN5O2S. The van der Waals surface area contributed by atoms with E-state index in [1.807, 2.05) is 37.3 Å². The van der Waals surface area contributed by atoms with Gasteiger partial charge in [-0.1, -0.05) is 41.6 Å². The molecule has 0 radical (unpaired) electrons. The first kappa shape index (κ1) is 20.1. The summed E-state index contributed by atoms with van der Waals surface area (Å²) in [5, 5.41) is 10.1. The number of halogens is 1. The average molecular weight is 454 g/mol. The van der Waals surface area contributed by atoms with Gasteiger partial charge < -0.3 is 4.74 Å². The predicted octanol–water partition coefficient (Wildman–Crippen LogP) is 4.45. The molecule has 4 aromatic rings. The van der Waals surface area contributed by atoms with Crippen LogP contribution in [0.2, 0.25) is 5.02 Å². The van der Waals surface area contributed by atoms with E-state index in [4.69, 9.17) is 16.3 Å². The largest absolute Gasteiger partial charge is 0.484 e. The Labute approximate surface area is 188 Å². The van der Waals surface area contributed by atoms with Gasteiger partial charge in [0.15, 0.2) is 11.0 Å². The molecular weight excluding hydrogens is 434 g/mol. The zero-order valence-electron chi connectivity index (χ0n) is 16.9. The van der Waals surface area contributed by atoms with Crippen LogP contribution in [0.25, 0.3) is 5.65 Å². The molecule has 3 aromatic heterocycles. The molecule has 1 aliphatic rings. The van der Waals surface area contributed by atoms with E-state index in [0.29, 0.717) is 34.8 Å². The summed E-state index contributed by atoms with van der Waals surface area (Å²) < 4.78 is 9.58. The monoisotopic (exact) mass is 453 g/mol. The van der Waals surface area contributed by atoms with Gasteiger partial charge in [-0.2, -0.15) is 0 Å². The van der Waals surface area contributed by atoms with E-state index in [0.717, 1.165) is 35.1 Å². The topological polar surface area (TPSA) is 74.3 Å². The minimum absolute atomic E-state index is 0.0817. The molecule has 158 valence electrons. The van der Waals surface area contributed by atoms with Crippen molar-refractivity contribution in [2.24, 2.45) is 0 Å². The van der Waals surface area contributed by atoms with Gasteiger partial charge in [0, 0.05) is 24.1 Å². The first-order valence-corrected chi connectivity index (χ1v) is 11.4. The maximum absolute atomic E-state index is 12.5. The molecule has 3 heterocycles. The highest BCUT2D eigenvalue weighted by molar-refractivity contribution is 7.98. The van der Waals surface area contributed by atoms with Crippen molar-refractivity contribution in [1.82, 2.24) is 24.1 Å². The van der Waals surface area contributed by atoms with Crippen molar-refractivity contribution < 1.29 is 4.74 Å². The minimum Gasteiger partial charge on any atom is -0.484 e. The van der Waals surface area contributed by atoms with E-state index in [2.05, 4.69) is 19.7 Å². The van der Waals surface area contributed by atoms with E-state index in [-0.39, 0.29) is 5.56 Å². The van der Waals surface area contributed by atoms with Gasteiger partial charge in [0.05, 0.1) is 10.7 Å². The predicted molar refractivity (Wildman–Crippen MR) is 120 cm³/mol. The summed E-state index contributed by atoms with van der Waals surface area (Å²) >= 11 is 7.72. The average Bonchev–Trinajstić information content (AvgIpc) is 3.52. The molecule has 5 rings (SSSR count). The third-order valence-corrected chi connectivity index (χ3v) is 6.42. The quantitative estimate of drug-likeness (QED) is 0.385. The maximum atomic E-state index is 12.5. The maximum Gasteiger partial charge on any atom is 0.258 e. The molecule has 1 aliphatic carbocycles. The van der Waals surface area contributed by atoms with Gasteiger partial charge in [-0.05, 0) is 43.5 Å². The summed E-state index contributed by atoms with van der Waals surface area (Å²) in [4.78, 5) is 17.1. The molecule has 0 saturated heterocycles. The van der Waals surface area contributed by atoms with Gasteiger partial charge in [0.1, 0.15) is 18.0 Å². The molecule has 0 amide bonds. The molecule has 31 heavy (non-hydrogen) atoms. The Hall–Kier alpha value is -2.84. The van der Waals surface area contributed by atoms with Gasteiger partial charge in [0.25, 0.3) is 5.56 Å². The highest BCUT2D eigenvalue weighted by Crippen LogP contribution is 2.39. The van der Waals surface area contributed by atoms with Crippen LogP contribution in [0.3, 0.4) is 0 Å². The first-order chi connectivity index (χ1) is 15.1. The number of nitrogens with zero attached hydrogens (tertiary/aromatic N) is 5. The van der Waals surface area contributed by atoms with Crippen molar-refractivity contribution in [2.45, 2.75) is 43.3 Å². The van der Waals surface area contributed by atoms with E-state index in [9.17, 15) is 4.79 Å². The van der Waals surface area contributed by atoms with Crippen molar-refractivity contribution in [3.05, 3.63) is 81.1 Å². The van der Waals surface area contributed by atoms with Crippen LogP contribution in [-0.4, -0.2) is 24.1 Å². The number of hydrogen-bond acceptors (Lipinski definition) is 6. The molecule has 9 heteroatoms. The first-order valence-electron chi connectivity index (χ1n) is 10.0. The van der Waals surface area contributed by atoms with Gasteiger partial charge in [-0.15, -0.1) is 10.2 Å². The Morgan fingerprint density at radius 2 is 2.03 bits per heavy atom. The second kappa shape index (κ2) is 8.36. The molecule has 0 atom stereocenters. The summed E-state index contributed by atoms with van der Waals surface area (Å²) in [6.07, 6.45) is 3.93. The van der Waals surface area contributed by atoms with Crippen LogP contribution in [0.5, 0.6) is 5.75 Å². The number of rotatable bonds is 7. The van der Waals surface area contributed by atoms with Crippen molar-refractivity contribution in [3.8, 4) is 5.75 Å². The van der Waals surface area contributed by atoms with E-state index < -0.39 is 0 Å². The highest BCUT2D eigenvalue weighted by atomic mass is 35.5. The Balaban J connectivity index is 1.36. The number of benzene rings is 1. The molecule has 0 aliphatic heterocycles. The lowest BCUT2D eigenvalue weighted by atomic mass is 10.3. The Morgan fingerprint density at radius 3 is 2.84 bits per heavy atom. The minimum atomic E-state index is -0.0817. The third kappa shape index (κ3) is 4.18. The standard InChI is InChI=1S/C22H20ClN5O2S/c1-14-5-4-10-27-20(29)11-15(24-21(14)27)13-31-22-26-25-19(28(22)16-8-9-16)12-30-18-7-3-2-6-17(18)23/h2-7,10-11,16H,8-9,12-13H2,1H3. The molecule has 7 nitrogen and oxygen atoms in total. The molecule has 0 spiro atoms. The second-order valence-corrected chi connectivity index (χ2v) is 8.83. The highest BCUT2D eigenvalue weighted by Gasteiger charge is 2.30. The number of para-hydroxylation sites is 1. The summed E-state index contributed by atoms with van der Waals surface area (Å²) in [5.74, 6) is 1.93. The van der Waals surface area contributed by atoms with Gasteiger partial charge in [0.2, 0.25) is 0 Å². The zero-order chi connectivity index (χ0) is 21.4. The van der Waals surface area contributed by atoms with Gasteiger partial charge >= 0.3 is 0 Å². The summed E-state index contributed by atoms with van der Waals surface area (Å²) in [5.41, 5.74) is 2.29. The number of aryl methyl sites for hydroxylation is 1. The van der Waals surface area contributed by atoms with Crippen LogP contribution in [0, 0.1) is 6.92 Å². The van der Waals surface area contributed by atoms with Crippen LogP contribution in [0.15, 0.2) is 58.6 Å². The van der Waals surface area contributed by atoms with E-state index in [1.165, 1.54) is 11.8 Å². The number of fused-ring (bicyclic) bond motifs is 1. The molecule has 1 aromatic carbocycles. The summed E-state index contributed by atoms with van der Waals surface area (Å²) in [6.45, 7) is 2.25. The summed E-state index contributed by atoms with van der Waals surface area (Å²) in [7, 11) is 0. The lowest BCUT2D eigenvalue weighted by Gasteiger charge is -2.11. The molecule has 1 fully saturated rings.